The first-order chi connectivity index (χ1) is 8.25. The molecule has 1 N–H and O–H groups in total. The van der Waals surface area contributed by atoms with Crippen molar-refractivity contribution in [2.24, 2.45) is 11.0 Å². The van der Waals surface area contributed by atoms with Gasteiger partial charge in [-0.3, -0.25) is 4.79 Å². The normalized spacial score (nSPS) is 17.5. The van der Waals surface area contributed by atoms with Crippen molar-refractivity contribution in [3.63, 3.8) is 0 Å². The minimum atomic E-state index is 0.0663. The van der Waals surface area contributed by atoms with Crippen LogP contribution in [0.4, 0.5) is 0 Å². The van der Waals surface area contributed by atoms with Crippen LogP contribution in [0.1, 0.15) is 37.0 Å². The van der Waals surface area contributed by atoms with Gasteiger partial charge in [0.15, 0.2) is 0 Å². The summed E-state index contributed by atoms with van der Waals surface area (Å²) >= 11 is 4.98. The average molecular weight is 315 g/mol. The van der Waals surface area contributed by atoms with Gasteiger partial charge in [0.05, 0.1) is 10.0 Å². The molecule has 0 bridgehead atoms. The van der Waals surface area contributed by atoms with Gasteiger partial charge in [-0.25, -0.2) is 5.43 Å². The smallest absolute Gasteiger partial charge is 0.243 e. The molecule has 3 nitrogen and oxygen atoms in total. The first kappa shape index (κ1) is 12.8. The van der Waals surface area contributed by atoms with E-state index in [1.165, 1.54) is 19.3 Å². The Labute approximate surface area is 113 Å². The lowest BCUT2D eigenvalue weighted by Crippen LogP contribution is -2.28. The summed E-state index contributed by atoms with van der Waals surface area (Å²) in [6.45, 7) is 0. The van der Waals surface area contributed by atoms with Crippen molar-refractivity contribution < 1.29 is 4.79 Å². The van der Waals surface area contributed by atoms with Crippen molar-refractivity contribution >= 4 is 39.4 Å². The van der Waals surface area contributed by atoms with Crippen molar-refractivity contribution in [1.29, 1.82) is 0 Å². The summed E-state index contributed by atoms with van der Waals surface area (Å²) in [6.07, 6.45) is 7.30. The number of halogens is 1. The van der Waals surface area contributed by atoms with Gasteiger partial charge in [0, 0.05) is 10.8 Å². The molecule has 1 saturated carbocycles. The van der Waals surface area contributed by atoms with E-state index in [1.54, 1.807) is 17.6 Å². The highest BCUT2D eigenvalue weighted by Crippen LogP contribution is 2.23. The van der Waals surface area contributed by atoms with Gasteiger partial charge in [0.1, 0.15) is 0 Å². The zero-order valence-corrected chi connectivity index (χ0v) is 11.9. The van der Waals surface area contributed by atoms with Crippen LogP contribution in [0.5, 0.6) is 0 Å². The second-order valence-corrected chi connectivity index (χ2v) is 6.71. The van der Waals surface area contributed by atoms with E-state index < -0.39 is 0 Å². The lowest BCUT2D eigenvalue weighted by molar-refractivity contribution is -0.125. The molecule has 0 atom stereocenters. The Balaban J connectivity index is 1.81. The molecule has 1 aromatic heterocycles. The minimum Gasteiger partial charge on any atom is -0.273 e. The van der Waals surface area contributed by atoms with Crippen molar-refractivity contribution in [2.75, 3.05) is 0 Å². The van der Waals surface area contributed by atoms with Crippen molar-refractivity contribution in [3.8, 4) is 0 Å². The van der Waals surface area contributed by atoms with Crippen LogP contribution in [-0.2, 0) is 4.79 Å². The zero-order valence-electron chi connectivity index (χ0n) is 9.49. The van der Waals surface area contributed by atoms with Gasteiger partial charge < -0.3 is 0 Å². The maximum Gasteiger partial charge on any atom is 0.243 e. The molecule has 0 aliphatic heterocycles. The van der Waals surface area contributed by atoms with Gasteiger partial charge in [-0.05, 0) is 40.9 Å². The van der Waals surface area contributed by atoms with Crippen LogP contribution in [0.3, 0.4) is 0 Å². The molecule has 17 heavy (non-hydrogen) atoms. The molecule has 92 valence electrons. The standard InChI is InChI=1S/C12H15BrN2OS/c13-11-7-6-10(17-11)8-14-15-12(16)9-4-2-1-3-5-9/h6-9H,1-5H2,(H,15,16)/b14-8-. The fourth-order valence-electron chi connectivity index (χ4n) is 2.01. The number of hydrogen-bond donors (Lipinski definition) is 1. The predicted molar refractivity (Wildman–Crippen MR) is 74.3 cm³/mol. The topological polar surface area (TPSA) is 41.5 Å². The van der Waals surface area contributed by atoms with Gasteiger partial charge in [-0.2, -0.15) is 5.10 Å². The van der Waals surface area contributed by atoms with E-state index in [-0.39, 0.29) is 11.8 Å². The number of carbonyl (C=O) groups is 1. The molecule has 1 aliphatic rings. The predicted octanol–water partition coefficient (Wildman–Crippen LogP) is 3.54. The summed E-state index contributed by atoms with van der Waals surface area (Å²) in [7, 11) is 0. The number of thiophene rings is 1. The van der Waals surface area contributed by atoms with Crippen LogP contribution in [-0.4, -0.2) is 12.1 Å². The number of nitrogens with one attached hydrogen (secondary N) is 1. The van der Waals surface area contributed by atoms with Crippen LogP contribution in [0.2, 0.25) is 0 Å². The summed E-state index contributed by atoms with van der Waals surface area (Å²) in [4.78, 5) is 12.8. The molecule has 1 amide bonds. The van der Waals surface area contributed by atoms with Crippen LogP contribution < -0.4 is 5.43 Å². The number of hydrazone groups is 1. The van der Waals surface area contributed by atoms with Crippen molar-refractivity contribution in [1.82, 2.24) is 5.43 Å². The molecule has 0 spiro atoms. The maximum atomic E-state index is 11.8. The first-order valence-electron chi connectivity index (χ1n) is 5.84. The van der Waals surface area contributed by atoms with Gasteiger partial charge in [0.2, 0.25) is 5.91 Å². The number of hydrogen-bond acceptors (Lipinski definition) is 3. The molecular formula is C12H15BrN2OS. The second-order valence-electron chi connectivity index (χ2n) is 4.21. The van der Waals surface area contributed by atoms with Crippen molar-refractivity contribution in [3.05, 3.63) is 20.8 Å². The number of carbonyl (C=O) groups excluding carboxylic acids is 1. The molecule has 0 unspecified atom stereocenters. The second kappa shape index (κ2) is 6.31. The monoisotopic (exact) mass is 314 g/mol. The van der Waals surface area contributed by atoms with Crippen LogP contribution >= 0.6 is 27.3 Å². The largest absolute Gasteiger partial charge is 0.273 e. The van der Waals surface area contributed by atoms with Gasteiger partial charge in [-0.1, -0.05) is 19.3 Å². The van der Waals surface area contributed by atoms with Crippen LogP contribution in [0.25, 0.3) is 0 Å². The molecule has 0 aromatic carbocycles. The third-order valence-corrected chi connectivity index (χ3v) is 4.49. The molecule has 1 aliphatic carbocycles. The molecule has 0 radical (unpaired) electrons. The Hall–Kier alpha value is -0.680. The molecule has 0 saturated heterocycles. The van der Waals surface area contributed by atoms with E-state index in [9.17, 15) is 4.79 Å². The fraction of sp³-hybridized carbons (Fsp3) is 0.500. The SMILES string of the molecule is O=C(N/N=C\c1ccc(Br)s1)C1CCCCC1. The van der Waals surface area contributed by atoms with Crippen molar-refractivity contribution in [2.45, 2.75) is 32.1 Å². The molecule has 1 fully saturated rings. The van der Waals surface area contributed by atoms with Crippen LogP contribution in [0, 0.1) is 5.92 Å². The highest BCUT2D eigenvalue weighted by molar-refractivity contribution is 9.11. The lowest BCUT2D eigenvalue weighted by atomic mass is 9.89. The van der Waals surface area contributed by atoms with Crippen LogP contribution in [0.15, 0.2) is 21.0 Å². The number of amides is 1. The average Bonchev–Trinajstić information content (AvgIpc) is 2.76. The Morgan fingerprint density at radius 2 is 2.18 bits per heavy atom. The third-order valence-electron chi connectivity index (χ3n) is 2.94. The summed E-state index contributed by atoms with van der Waals surface area (Å²) in [5.74, 6) is 0.229. The maximum absolute atomic E-state index is 11.8. The molecular weight excluding hydrogens is 300 g/mol. The summed E-state index contributed by atoms with van der Waals surface area (Å²) in [5.41, 5.74) is 2.63. The van der Waals surface area contributed by atoms with E-state index >= 15 is 0 Å². The number of nitrogens with zero attached hydrogens (tertiary/aromatic N) is 1. The Morgan fingerprint density at radius 1 is 1.41 bits per heavy atom. The molecule has 5 heteroatoms. The van der Waals surface area contributed by atoms with E-state index in [4.69, 9.17) is 0 Å². The summed E-state index contributed by atoms with van der Waals surface area (Å²) in [6, 6.07) is 3.93. The summed E-state index contributed by atoms with van der Waals surface area (Å²) in [5, 5.41) is 4.00. The highest BCUT2D eigenvalue weighted by atomic mass is 79.9. The van der Waals surface area contributed by atoms with E-state index in [2.05, 4.69) is 26.5 Å². The molecule has 1 aromatic rings. The van der Waals surface area contributed by atoms with Gasteiger partial charge in [-0.15, -0.1) is 11.3 Å². The highest BCUT2D eigenvalue weighted by Gasteiger charge is 2.20. The van der Waals surface area contributed by atoms with Gasteiger partial charge >= 0.3 is 0 Å². The lowest BCUT2D eigenvalue weighted by Gasteiger charge is -2.19. The van der Waals surface area contributed by atoms with Gasteiger partial charge in [0.25, 0.3) is 0 Å². The third kappa shape index (κ3) is 3.92. The minimum absolute atomic E-state index is 0.0663. The van der Waals surface area contributed by atoms with E-state index in [1.807, 2.05) is 12.1 Å². The first-order valence-corrected chi connectivity index (χ1v) is 7.45. The zero-order chi connectivity index (χ0) is 12.1. The summed E-state index contributed by atoms with van der Waals surface area (Å²) < 4.78 is 1.07. The Morgan fingerprint density at radius 3 is 2.82 bits per heavy atom. The molecule has 1 heterocycles. The fourth-order valence-corrected chi connectivity index (χ4v) is 3.31. The van der Waals surface area contributed by atoms with E-state index in [0.29, 0.717) is 0 Å². The van der Waals surface area contributed by atoms with E-state index in [0.717, 1.165) is 21.5 Å². The number of rotatable bonds is 3. The quantitative estimate of drug-likeness (QED) is 0.673. The Bertz CT molecular complexity index is 410. The molecule has 2 rings (SSSR count). The Kier molecular flexibility index (Phi) is 4.74.